The van der Waals surface area contributed by atoms with Crippen molar-refractivity contribution in [2.75, 3.05) is 16.0 Å². The summed E-state index contributed by atoms with van der Waals surface area (Å²) in [6, 6.07) is 18.0. The predicted molar refractivity (Wildman–Crippen MR) is 100.0 cm³/mol. The fourth-order valence-corrected chi connectivity index (χ4v) is 2.82. The number of urea groups is 1. The smallest absolute Gasteiger partial charge is 0.325 e. The summed E-state index contributed by atoms with van der Waals surface area (Å²) in [5.74, 6) is -0.156. The Morgan fingerprint density at radius 2 is 1.44 bits per heavy atom. The third-order valence-corrected chi connectivity index (χ3v) is 4.01. The molecule has 3 N–H and O–H groups in total. The molecule has 0 aliphatic rings. The minimum absolute atomic E-state index is 0.146. The van der Waals surface area contributed by atoms with Gasteiger partial charge in [0.2, 0.25) is 5.91 Å². The van der Waals surface area contributed by atoms with Crippen molar-refractivity contribution in [3.05, 3.63) is 71.7 Å². The van der Waals surface area contributed by atoms with E-state index in [1.54, 1.807) is 17.5 Å². The van der Waals surface area contributed by atoms with E-state index in [0.717, 1.165) is 5.69 Å². The minimum atomic E-state index is -0.374. The van der Waals surface area contributed by atoms with Gasteiger partial charge in [-0.25, -0.2) is 9.78 Å². The number of carbonyl (C=O) groups is 2. The summed E-state index contributed by atoms with van der Waals surface area (Å²) in [5.41, 5.74) is 2.04. The molecule has 0 aliphatic heterocycles. The molecule has 3 aromatic rings. The lowest BCUT2D eigenvalue weighted by atomic mass is 10.3. The van der Waals surface area contributed by atoms with Crippen molar-refractivity contribution in [2.24, 2.45) is 0 Å². The van der Waals surface area contributed by atoms with Crippen LogP contribution in [0, 0.1) is 0 Å². The standard InChI is InChI=1S/C18H16N4O2S/c23-16(19-13-7-3-1-4-8-13)11-15-12-25-18(21-15)22-17(24)20-14-9-5-2-6-10-14/h1-10,12H,11H2,(H,19,23)(H2,20,21,22,24). The van der Waals surface area contributed by atoms with Gasteiger partial charge in [0.25, 0.3) is 0 Å². The second-order valence-electron chi connectivity index (χ2n) is 5.18. The van der Waals surface area contributed by atoms with Crippen molar-refractivity contribution in [3.63, 3.8) is 0 Å². The number of amides is 3. The summed E-state index contributed by atoms with van der Waals surface area (Å²) in [7, 11) is 0. The number of para-hydroxylation sites is 2. The number of thiazole rings is 1. The number of carbonyl (C=O) groups excluding carboxylic acids is 2. The number of anilines is 3. The Bertz CT molecular complexity index is 780. The first kappa shape index (κ1) is 16.7. The van der Waals surface area contributed by atoms with Gasteiger partial charge in [0, 0.05) is 16.8 Å². The summed E-state index contributed by atoms with van der Waals surface area (Å²) in [5, 5.41) is 10.4. The molecule has 25 heavy (non-hydrogen) atoms. The Labute approximate surface area is 148 Å². The van der Waals surface area contributed by atoms with Gasteiger partial charge in [-0.15, -0.1) is 11.3 Å². The zero-order chi connectivity index (χ0) is 17.5. The molecule has 0 bridgehead atoms. The first-order chi connectivity index (χ1) is 12.2. The molecule has 0 atom stereocenters. The van der Waals surface area contributed by atoms with Crippen molar-refractivity contribution < 1.29 is 9.59 Å². The van der Waals surface area contributed by atoms with Gasteiger partial charge in [-0.2, -0.15) is 0 Å². The van der Waals surface area contributed by atoms with E-state index in [2.05, 4.69) is 20.9 Å². The van der Waals surface area contributed by atoms with Gasteiger partial charge in [0.15, 0.2) is 5.13 Å². The largest absolute Gasteiger partial charge is 0.326 e. The van der Waals surface area contributed by atoms with Crippen molar-refractivity contribution >= 4 is 39.8 Å². The molecule has 0 saturated heterocycles. The molecule has 126 valence electrons. The van der Waals surface area contributed by atoms with Crippen LogP contribution >= 0.6 is 11.3 Å². The van der Waals surface area contributed by atoms with E-state index in [1.807, 2.05) is 48.5 Å². The fourth-order valence-electron chi connectivity index (χ4n) is 2.12. The molecular weight excluding hydrogens is 336 g/mol. The second-order valence-corrected chi connectivity index (χ2v) is 6.04. The number of hydrogen-bond donors (Lipinski definition) is 3. The van der Waals surface area contributed by atoms with E-state index in [4.69, 9.17) is 0 Å². The molecule has 3 rings (SSSR count). The number of aromatic nitrogens is 1. The van der Waals surface area contributed by atoms with Crippen molar-refractivity contribution in [1.82, 2.24) is 4.98 Å². The molecule has 6 nitrogen and oxygen atoms in total. The topological polar surface area (TPSA) is 83.1 Å². The molecule has 0 unspecified atom stereocenters. The molecule has 0 fully saturated rings. The number of benzene rings is 2. The average Bonchev–Trinajstić information content (AvgIpc) is 3.03. The maximum Gasteiger partial charge on any atom is 0.325 e. The van der Waals surface area contributed by atoms with Crippen LogP contribution in [0.2, 0.25) is 0 Å². The Kier molecular flexibility index (Phi) is 5.38. The SMILES string of the molecule is O=C(Cc1csc(NC(=O)Nc2ccccc2)n1)Nc1ccccc1. The van der Waals surface area contributed by atoms with Gasteiger partial charge in [0.05, 0.1) is 12.1 Å². The van der Waals surface area contributed by atoms with Crippen LogP contribution in [0.3, 0.4) is 0 Å². The van der Waals surface area contributed by atoms with E-state index >= 15 is 0 Å². The summed E-state index contributed by atoms with van der Waals surface area (Å²) in [6.07, 6.45) is 0.146. The van der Waals surface area contributed by atoms with Crippen LogP contribution in [0.5, 0.6) is 0 Å². The van der Waals surface area contributed by atoms with Crippen molar-refractivity contribution in [2.45, 2.75) is 6.42 Å². The normalized spacial score (nSPS) is 10.1. The quantitative estimate of drug-likeness (QED) is 0.650. The monoisotopic (exact) mass is 352 g/mol. The molecule has 2 aromatic carbocycles. The molecule has 1 aromatic heterocycles. The Hall–Kier alpha value is -3.19. The summed E-state index contributed by atoms with van der Waals surface area (Å²) in [4.78, 5) is 28.2. The highest BCUT2D eigenvalue weighted by molar-refractivity contribution is 7.14. The highest BCUT2D eigenvalue weighted by atomic mass is 32.1. The van der Waals surface area contributed by atoms with Gasteiger partial charge >= 0.3 is 6.03 Å². The molecule has 3 amide bonds. The van der Waals surface area contributed by atoms with E-state index < -0.39 is 0 Å². The van der Waals surface area contributed by atoms with E-state index in [0.29, 0.717) is 16.5 Å². The molecule has 0 radical (unpaired) electrons. The first-order valence-corrected chi connectivity index (χ1v) is 8.49. The van der Waals surface area contributed by atoms with Crippen LogP contribution in [0.1, 0.15) is 5.69 Å². The highest BCUT2D eigenvalue weighted by Gasteiger charge is 2.10. The fraction of sp³-hybridized carbons (Fsp3) is 0.0556. The number of rotatable bonds is 5. The van der Waals surface area contributed by atoms with Gasteiger partial charge in [-0.1, -0.05) is 36.4 Å². The average molecular weight is 352 g/mol. The number of nitrogens with one attached hydrogen (secondary N) is 3. The maximum atomic E-state index is 12.0. The third kappa shape index (κ3) is 5.15. The van der Waals surface area contributed by atoms with E-state index in [1.165, 1.54) is 11.3 Å². The van der Waals surface area contributed by atoms with Crippen LogP contribution < -0.4 is 16.0 Å². The van der Waals surface area contributed by atoms with Gasteiger partial charge in [-0.3, -0.25) is 10.1 Å². The first-order valence-electron chi connectivity index (χ1n) is 7.61. The lowest BCUT2D eigenvalue weighted by molar-refractivity contribution is -0.115. The molecule has 7 heteroatoms. The maximum absolute atomic E-state index is 12.0. The van der Waals surface area contributed by atoms with Crippen molar-refractivity contribution in [3.8, 4) is 0 Å². The van der Waals surface area contributed by atoms with E-state index in [-0.39, 0.29) is 18.4 Å². The van der Waals surface area contributed by atoms with Gasteiger partial charge in [-0.05, 0) is 24.3 Å². The van der Waals surface area contributed by atoms with Crippen LogP contribution in [0.25, 0.3) is 0 Å². The Balaban J connectivity index is 1.52. The molecule has 0 spiro atoms. The van der Waals surface area contributed by atoms with Crippen molar-refractivity contribution in [1.29, 1.82) is 0 Å². The summed E-state index contributed by atoms with van der Waals surface area (Å²) < 4.78 is 0. The number of hydrogen-bond acceptors (Lipinski definition) is 4. The lowest BCUT2D eigenvalue weighted by Gasteiger charge is -2.04. The molecular formula is C18H16N4O2S. The van der Waals surface area contributed by atoms with Crippen LogP contribution in [0.4, 0.5) is 21.3 Å². The zero-order valence-electron chi connectivity index (χ0n) is 13.2. The lowest BCUT2D eigenvalue weighted by Crippen LogP contribution is -2.19. The Morgan fingerprint density at radius 1 is 0.840 bits per heavy atom. The Morgan fingerprint density at radius 3 is 2.08 bits per heavy atom. The summed E-state index contributed by atoms with van der Waals surface area (Å²) in [6.45, 7) is 0. The van der Waals surface area contributed by atoms with Gasteiger partial charge in [0.1, 0.15) is 0 Å². The van der Waals surface area contributed by atoms with E-state index in [9.17, 15) is 9.59 Å². The van der Waals surface area contributed by atoms with Gasteiger partial charge < -0.3 is 10.6 Å². The van der Waals surface area contributed by atoms with Crippen LogP contribution in [-0.2, 0) is 11.2 Å². The number of nitrogens with zero attached hydrogens (tertiary/aromatic N) is 1. The minimum Gasteiger partial charge on any atom is -0.326 e. The highest BCUT2D eigenvalue weighted by Crippen LogP contribution is 2.17. The predicted octanol–water partition coefficient (Wildman–Crippen LogP) is 3.97. The van der Waals surface area contributed by atoms with Crippen LogP contribution in [-0.4, -0.2) is 16.9 Å². The molecule has 1 heterocycles. The second kappa shape index (κ2) is 8.07. The third-order valence-electron chi connectivity index (χ3n) is 3.20. The van der Waals surface area contributed by atoms with Crippen LogP contribution in [0.15, 0.2) is 66.0 Å². The molecule has 0 aliphatic carbocycles. The zero-order valence-corrected chi connectivity index (χ0v) is 14.0. The summed E-state index contributed by atoms with van der Waals surface area (Å²) >= 11 is 1.27. The molecule has 0 saturated carbocycles.